The van der Waals surface area contributed by atoms with Crippen molar-refractivity contribution < 1.29 is 4.79 Å². The zero-order chi connectivity index (χ0) is 21.2. The van der Waals surface area contributed by atoms with Crippen molar-refractivity contribution in [2.75, 3.05) is 0 Å². The fraction of sp³-hybridized carbons (Fsp3) is 0.0400. The Bertz CT molecular complexity index is 1300. The number of thiophene rings is 2. The van der Waals surface area contributed by atoms with Crippen LogP contribution in [0.2, 0.25) is 0 Å². The summed E-state index contributed by atoms with van der Waals surface area (Å²) < 4.78 is 0. The molecule has 0 N–H and O–H groups in total. The van der Waals surface area contributed by atoms with Crippen LogP contribution in [0.25, 0.3) is 43.0 Å². The van der Waals surface area contributed by atoms with Crippen LogP contribution in [-0.4, -0.2) is 20.7 Å². The summed E-state index contributed by atoms with van der Waals surface area (Å²) in [5, 5.41) is 0. The normalized spacial score (nSPS) is 10.9. The molecule has 0 spiro atoms. The van der Waals surface area contributed by atoms with Crippen LogP contribution in [0.5, 0.6) is 0 Å². The van der Waals surface area contributed by atoms with E-state index in [-0.39, 0.29) is 5.78 Å². The fourth-order valence-corrected chi connectivity index (χ4v) is 5.23. The topological polar surface area (TPSA) is 55.7 Å². The maximum absolute atomic E-state index is 11.7. The van der Waals surface area contributed by atoms with E-state index in [0.29, 0.717) is 0 Å². The predicted molar refractivity (Wildman–Crippen MR) is 127 cm³/mol. The zero-order valence-corrected chi connectivity index (χ0v) is 18.3. The van der Waals surface area contributed by atoms with Crippen molar-refractivity contribution in [3.8, 4) is 43.0 Å². The smallest absolute Gasteiger partial charge is 0.169 e. The maximum atomic E-state index is 11.7. The summed E-state index contributed by atoms with van der Waals surface area (Å²) in [6, 6.07) is 23.9. The number of hydrogen-bond donors (Lipinski definition) is 0. The van der Waals surface area contributed by atoms with Crippen molar-refractivity contribution in [1.29, 1.82) is 0 Å². The largest absolute Gasteiger partial charge is 0.294 e. The van der Waals surface area contributed by atoms with Crippen LogP contribution in [0, 0.1) is 0 Å². The van der Waals surface area contributed by atoms with E-state index in [1.807, 2.05) is 48.5 Å². The first-order valence-corrected chi connectivity index (χ1v) is 11.4. The summed E-state index contributed by atoms with van der Waals surface area (Å²) in [4.78, 5) is 29.6. The van der Waals surface area contributed by atoms with Gasteiger partial charge in [0.05, 0.1) is 27.7 Å². The highest BCUT2D eigenvalue weighted by atomic mass is 32.1. The van der Waals surface area contributed by atoms with Crippen molar-refractivity contribution in [3.63, 3.8) is 0 Å². The molecule has 150 valence electrons. The second-order valence-corrected chi connectivity index (χ2v) is 9.11. The van der Waals surface area contributed by atoms with E-state index < -0.39 is 0 Å². The molecule has 0 bridgehead atoms. The molecule has 5 rings (SSSR count). The van der Waals surface area contributed by atoms with Crippen LogP contribution in [0.15, 0.2) is 85.2 Å². The number of rotatable bonds is 5. The van der Waals surface area contributed by atoms with Crippen LogP contribution in [0.3, 0.4) is 0 Å². The molecule has 0 unspecified atom stereocenters. The average molecular weight is 440 g/mol. The minimum Gasteiger partial charge on any atom is -0.294 e. The Morgan fingerprint density at radius 2 is 1.26 bits per heavy atom. The molecular formula is C25H17N3OS2. The van der Waals surface area contributed by atoms with Gasteiger partial charge < -0.3 is 0 Å². The first-order chi connectivity index (χ1) is 15.2. The summed E-state index contributed by atoms with van der Waals surface area (Å²) in [6.45, 7) is 1.60. The van der Waals surface area contributed by atoms with Crippen molar-refractivity contribution in [3.05, 3.63) is 90.1 Å². The molecule has 0 aliphatic rings. The van der Waals surface area contributed by atoms with E-state index in [0.717, 1.165) is 47.8 Å². The first-order valence-electron chi connectivity index (χ1n) is 9.73. The number of carbonyl (C=O) groups excluding carboxylic acids is 1. The third-order valence-corrected chi connectivity index (χ3v) is 7.28. The Kier molecular flexibility index (Phi) is 5.24. The van der Waals surface area contributed by atoms with Gasteiger partial charge in [0, 0.05) is 27.0 Å². The van der Waals surface area contributed by atoms with Crippen LogP contribution in [0.4, 0.5) is 0 Å². The van der Waals surface area contributed by atoms with E-state index in [1.54, 1.807) is 30.7 Å². The van der Waals surface area contributed by atoms with Crippen LogP contribution < -0.4 is 0 Å². The zero-order valence-electron chi connectivity index (χ0n) is 16.6. The summed E-state index contributed by atoms with van der Waals surface area (Å²) in [6.07, 6.45) is 3.55. The molecule has 0 saturated heterocycles. The third kappa shape index (κ3) is 4.08. The average Bonchev–Trinajstić information content (AvgIpc) is 3.50. The highest BCUT2D eigenvalue weighted by molar-refractivity contribution is 7.24. The van der Waals surface area contributed by atoms with Gasteiger partial charge in [0.2, 0.25) is 0 Å². The Hall–Kier alpha value is -3.48. The molecule has 0 radical (unpaired) electrons. The number of Topliss-reactive ketones (excluding diaryl/α,β-unsaturated/α-hetero) is 1. The van der Waals surface area contributed by atoms with Gasteiger partial charge in [-0.15, -0.1) is 22.7 Å². The monoisotopic (exact) mass is 439 g/mol. The van der Waals surface area contributed by atoms with Gasteiger partial charge in [-0.3, -0.25) is 14.8 Å². The van der Waals surface area contributed by atoms with Gasteiger partial charge in [0.1, 0.15) is 0 Å². The van der Waals surface area contributed by atoms with Crippen molar-refractivity contribution >= 4 is 28.5 Å². The van der Waals surface area contributed by atoms with Gasteiger partial charge in [-0.25, -0.2) is 4.98 Å². The van der Waals surface area contributed by atoms with Gasteiger partial charge in [0.15, 0.2) is 5.78 Å². The third-order valence-electron chi connectivity index (χ3n) is 4.77. The second kappa shape index (κ2) is 8.34. The lowest BCUT2D eigenvalue weighted by Gasteiger charge is -2.08. The van der Waals surface area contributed by atoms with Crippen molar-refractivity contribution in [1.82, 2.24) is 15.0 Å². The molecule has 0 saturated carbocycles. The number of pyridine rings is 3. The highest BCUT2D eigenvalue weighted by Gasteiger charge is 2.13. The van der Waals surface area contributed by atoms with E-state index in [2.05, 4.69) is 34.2 Å². The molecule has 0 atom stereocenters. The Labute approximate surface area is 187 Å². The van der Waals surface area contributed by atoms with E-state index in [9.17, 15) is 4.79 Å². The van der Waals surface area contributed by atoms with Gasteiger partial charge in [-0.1, -0.05) is 12.1 Å². The number of carbonyl (C=O) groups is 1. The standard InChI is InChI=1S/C25H17N3OS2/c1-16(29)22-8-10-24(30-22)25-11-9-23(31-25)17-14-20(18-6-2-4-12-26-18)28-21(15-17)19-7-3-5-13-27-19/h2-15H,1H3. The Morgan fingerprint density at radius 1 is 0.677 bits per heavy atom. The quantitative estimate of drug-likeness (QED) is 0.281. The minimum absolute atomic E-state index is 0.0992. The summed E-state index contributed by atoms with van der Waals surface area (Å²) >= 11 is 3.23. The van der Waals surface area contributed by atoms with Crippen molar-refractivity contribution in [2.24, 2.45) is 0 Å². The molecule has 31 heavy (non-hydrogen) atoms. The van der Waals surface area contributed by atoms with E-state index in [1.165, 1.54) is 11.3 Å². The van der Waals surface area contributed by atoms with Gasteiger partial charge in [0.25, 0.3) is 0 Å². The Morgan fingerprint density at radius 3 is 1.81 bits per heavy atom. The highest BCUT2D eigenvalue weighted by Crippen LogP contribution is 2.39. The number of aromatic nitrogens is 3. The number of nitrogens with zero attached hydrogens (tertiary/aromatic N) is 3. The predicted octanol–water partition coefficient (Wildman–Crippen LogP) is 6.87. The molecular weight excluding hydrogens is 422 g/mol. The molecule has 0 aliphatic heterocycles. The lowest BCUT2D eigenvalue weighted by molar-refractivity contribution is 0.102. The second-order valence-electron chi connectivity index (χ2n) is 6.94. The molecule has 0 amide bonds. The van der Waals surface area contributed by atoms with E-state index >= 15 is 0 Å². The van der Waals surface area contributed by atoms with Gasteiger partial charge in [-0.2, -0.15) is 0 Å². The van der Waals surface area contributed by atoms with E-state index in [4.69, 9.17) is 4.98 Å². The molecule has 0 fully saturated rings. The Balaban J connectivity index is 1.60. The van der Waals surface area contributed by atoms with Crippen molar-refractivity contribution in [2.45, 2.75) is 6.92 Å². The van der Waals surface area contributed by atoms with Crippen LogP contribution in [-0.2, 0) is 0 Å². The molecule has 4 nitrogen and oxygen atoms in total. The molecule has 0 aromatic carbocycles. The fourth-order valence-electron chi connectivity index (χ4n) is 3.25. The summed E-state index contributed by atoms with van der Waals surface area (Å²) in [7, 11) is 0. The maximum Gasteiger partial charge on any atom is 0.169 e. The van der Waals surface area contributed by atoms with Gasteiger partial charge >= 0.3 is 0 Å². The van der Waals surface area contributed by atoms with Crippen LogP contribution >= 0.6 is 22.7 Å². The first kappa shape index (κ1) is 19.5. The molecule has 6 heteroatoms. The summed E-state index contributed by atoms with van der Waals surface area (Å²) in [5.74, 6) is 0.0992. The molecule has 5 heterocycles. The van der Waals surface area contributed by atoms with Crippen LogP contribution in [0.1, 0.15) is 16.6 Å². The molecule has 5 aromatic rings. The molecule has 0 aliphatic carbocycles. The van der Waals surface area contributed by atoms with Gasteiger partial charge in [-0.05, 0) is 73.2 Å². The number of ketones is 1. The minimum atomic E-state index is 0.0992. The molecule has 5 aromatic heterocycles. The number of hydrogen-bond acceptors (Lipinski definition) is 6. The lowest BCUT2D eigenvalue weighted by atomic mass is 10.1. The lowest BCUT2D eigenvalue weighted by Crippen LogP contribution is -1.93. The SMILES string of the molecule is CC(=O)c1ccc(-c2ccc(-c3cc(-c4ccccn4)nc(-c4ccccn4)c3)s2)s1. The summed E-state index contributed by atoms with van der Waals surface area (Å²) in [5.41, 5.74) is 4.33.